The molecule has 120 valence electrons. The van der Waals surface area contributed by atoms with Gasteiger partial charge in [-0.15, -0.1) is 5.10 Å². The van der Waals surface area contributed by atoms with E-state index >= 15 is 0 Å². The lowest BCUT2D eigenvalue weighted by Gasteiger charge is -2.04. The van der Waals surface area contributed by atoms with Crippen molar-refractivity contribution in [1.82, 2.24) is 29.1 Å². The van der Waals surface area contributed by atoms with Gasteiger partial charge in [0.2, 0.25) is 10.1 Å². The molecule has 0 aliphatic carbocycles. The number of imidazole rings is 1. The van der Waals surface area contributed by atoms with Gasteiger partial charge < -0.3 is 5.32 Å². The minimum Gasteiger partial charge on any atom is -0.356 e. The minimum absolute atomic E-state index is 0.173. The fraction of sp³-hybridized carbons (Fsp3) is 0.133. The predicted molar refractivity (Wildman–Crippen MR) is 90.6 cm³/mol. The van der Waals surface area contributed by atoms with Gasteiger partial charge in [0.1, 0.15) is 12.1 Å². The highest BCUT2D eigenvalue weighted by Gasteiger charge is 2.07. The normalized spacial score (nSPS) is 11.0. The average molecular weight is 339 g/mol. The molecule has 0 aliphatic heterocycles. The van der Waals surface area contributed by atoms with Crippen molar-refractivity contribution in [3.05, 3.63) is 64.7 Å². The first-order chi connectivity index (χ1) is 11.7. The van der Waals surface area contributed by atoms with Crippen LogP contribution in [-0.4, -0.2) is 29.1 Å². The summed E-state index contributed by atoms with van der Waals surface area (Å²) >= 11 is 1.34. The van der Waals surface area contributed by atoms with E-state index in [4.69, 9.17) is 0 Å². The third-order valence-electron chi connectivity index (χ3n) is 3.39. The Morgan fingerprint density at radius 2 is 2.25 bits per heavy atom. The van der Waals surface area contributed by atoms with E-state index in [-0.39, 0.29) is 5.56 Å². The first kappa shape index (κ1) is 14.5. The number of rotatable bonds is 4. The zero-order valence-electron chi connectivity index (χ0n) is 12.7. The van der Waals surface area contributed by atoms with E-state index in [1.54, 1.807) is 25.6 Å². The van der Waals surface area contributed by atoms with Crippen LogP contribution in [0.2, 0.25) is 0 Å². The fourth-order valence-electron chi connectivity index (χ4n) is 2.24. The van der Waals surface area contributed by atoms with Crippen LogP contribution in [0, 0.1) is 6.92 Å². The van der Waals surface area contributed by atoms with Crippen molar-refractivity contribution in [2.45, 2.75) is 13.5 Å². The molecule has 0 unspecified atom stereocenters. The van der Waals surface area contributed by atoms with Gasteiger partial charge in [-0.2, -0.15) is 4.52 Å². The Balaban J connectivity index is 1.50. The Kier molecular flexibility index (Phi) is 3.54. The zero-order chi connectivity index (χ0) is 16.5. The first-order valence-corrected chi connectivity index (χ1v) is 8.05. The minimum atomic E-state index is -0.173. The van der Waals surface area contributed by atoms with Crippen LogP contribution in [0.25, 0.3) is 10.8 Å². The number of nitrogens with zero attached hydrogens (tertiary/aromatic N) is 6. The lowest BCUT2D eigenvalue weighted by Crippen LogP contribution is -2.14. The molecule has 4 aromatic heterocycles. The summed E-state index contributed by atoms with van der Waals surface area (Å²) in [6.45, 7) is 2.35. The van der Waals surface area contributed by atoms with Crippen molar-refractivity contribution in [2.24, 2.45) is 0 Å². The van der Waals surface area contributed by atoms with Crippen LogP contribution in [0.5, 0.6) is 0 Å². The molecule has 4 aromatic rings. The second-order valence-corrected chi connectivity index (χ2v) is 6.14. The molecular formula is C15H13N7OS. The second kappa shape index (κ2) is 5.85. The molecule has 0 atom stereocenters. The summed E-state index contributed by atoms with van der Waals surface area (Å²) in [4.78, 5) is 25.2. The Hall–Kier alpha value is -3.07. The molecule has 0 spiro atoms. The maximum absolute atomic E-state index is 11.9. The molecule has 8 nitrogen and oxygen atoms in total. The molecule has 9 heteroatoms. The van der Waals surface area contributed by atoms with Crippen molar-refractivity contribution in [3.8, 4) is 5.82 Å². The Labute approximate surface area is 140 Å². The Morgan fingerprint density at radius 1 is 1.33 bits per heavy atom. The Morgan fingerprint density at radius 3 is 3.00 bits per heavy atom. The summed E-state index contributed by atoms with van der Waals surface area (Å²) < 4.78 is 3.14. The number of hydrogen-bond donors (Lipinski definition) is 1. The van der Waals surface area contributed by atoms with Crippen LogP contribution in [0.3, 0.4) is 0 Å². The molecule has 0 amide bonds. The molecule has 1 N–H and O–H groups in total. The summed E-state index contributed by atoms with van der Waals surface area (Å²) in [5.41, 5.74) is 1.53. The average Bonchev–Trinajstić information content (AvgIpc) is 3.23. The number of pyridine rings is 1. The molecule has 0 bridgehead atoms. The summed E-state index contributed by atoms with van der Waals surface area (Å²) in [7, 11) is 0. The predicted octanol–water partition coefficient (Wildman–Crippen LogP) is 1.65. The van der Waals surface area contributed by atoms with E-state index in [9.17, 15) is 4.79 Å². The van der Waals surface area contributed by atoms with Crippen molar-refractivity contribution < 1.29 is 0 Å². The number of aryl methyl sites for hydroxylation is 1. The fourth-order valence-corrected chi connectivity index (χ4v) is 3.08. The van der Waals surface area contributed by atoms with Gasteiger partial charge in [0.15, 0.2) is 0 Å². The van der Waals surface area contributed by atoms with E-state index in [0.717, 1.165) is 11.4 Å². The SMILES string of the molecule is Cc1cc(=O)n2nc(NCc3ccc(-n4ccnc4)nc3)sc2n1. The highest BCUT2D eigenvalue weighted by Crippen LogP contribution is 2.17. The molecule has 0 aromatic carbocycles. The molecule has 0 fully saturated rings. The van der Waals surface area contributed by atoms with E-state index in [2.05, 4.69) is 25.4 Å². The van der Waals surface area contributed by atoms with Gasteiger partial charge in [0.05, 0.1) is 0 Å². The smallest absolute Gasteiger partial charge is 0.275 e. The highest BCUT2D eigenvalue weighted by atomic mass is 32.1. The maximum Gasteiger partial charge on any atom is 0.275 e. The van der Waals surface area contributed by atoms with Crippen LogP contribution in [0.4, 0.5) is 5.13 Å². The van der Waals surface area contributed by atoms with Gasteiger partial charge in [-0.3, -0.25) is 9.36 Å². The van der Waals surface area contributed by atoms with Gasteiger partial charge >= 0.3 is 0 Å². The lowest BCUT2D eigenvalue weighted by atomic mass is 10.3. The van der Waals surface area contributed by atoms with Gasteiger partial charge in [0.25, 0.3) is 5.56 Å². The van der Waals surface area contributed by atoms with E-state index in [1.165, 1.54) is 21.9 Å². The van der Waals surface area contributed by atoms with Gasteiger partial charge in [-0.25, -0.2) is 15.0 Å². The van der Waals surface area contributed by atoms with Gasteiger partial charge in [-0.1, -0.05) is 17.4 Å². The quantitative estimate of drug-likeness (QED) is 0.608. The van der Waals surface area contributed by atoms with E-state index < -0.39 is 0 Å². The summed E-state index contributed by atoms with van der Waals surface area (Å²) in [5, 5.41) is 8.09. The third-order valence-corrected chi connectivity index (χ3v) is 4.26. The van der Waals surface area contributed by atoms with Crippen molar-refractivity contribution >= 4 is 21.4 Å². The first-order valence-electron chi connectivity index (χ1n) is 7.24. The third kappa shape index (κ3) is 2.76. The molecule has 24 heavy (non-hydrogen) atoms. The monoisotopic (exact) mass is 339 g/mol. The number of anilines is 1. The van der Waals surface area contributed by atoms with Gasteiger partial charge in [0, 0.05) is 36.9 Å². The van der Waals surface area contributed by atoms with E-state index in [0.29, 0.717) is 22.3 Å². The standard InChI is InChI=1S/C15H13N7OS/c1-10-6-13(23)22-15(19-10)24-14(20-22)18-8-11-2-3-12(17-7-11)21-5-4-16-9-21/h2-7,9H,8H2,1H3,(H,18,20). The molecule has 0 saturated heterocycles. The maximum atomic E-state index is 11.9. The number of fused-ring (bicyclic) bond motifs is 1. The van der Waals surface area contributed by atoms with Crippen molar-refractivity contribution in [2.75, 3.05) is 5.32 Å². The van der Waals surface area contributed by atoms with Crippen molar-refractivity contribution in [1.29, 1.82) is 0 Å². The lowest BCUT2D eigenvalue weighted by molar-refractivity contribution is 0.886. The van der Waals surface area contributed by atoms with Gasteiger partial charge in [-0.05, 0) is 18.6 Å². The second-order valence-electron chi connectivity index (χ2n) is 5.19. The highest BCUT2D eigenvalue weighted by molar-refractivity contribution is 7.20. The summed E-state index contributed by atoms with van der Waals surface area (Å²) in [6.07, 6.45) is 7.05. The van der Waals surface area contributed by atoms with Crippen LogP contribution in [0.15, 0.2) is 47.9 Å². The summed E-state index contributed by atoms with van der Waals surface area (Å²) in [5.74, 6) is 0.808. The van der Waals surface area contributed by atoms with Crippen LogP contribution >= 0.6 is 11.3 Å². The Bertz CT molecular complexity index is 1030. The number of nitrogens with one attached hydrogen (secondary N) is 1. The topological polar surface area (TPSA) is 90.0 Å². The molecule has 0 saturated carbocycles. The zero-order valence-corrected chi connectivity index (χ0v) is 13.6. The van der Waals surface area contributed by atoms with Crippen molar-refractivity contribution in [3.63, 3.8) is 0 Å². The molecule has 0 radical (unpaired) electrons. The largest absolute Gasteiger partial charge is 0.356 e. The van der Waals surface area contributed by atoms with Crippen LogP contribution in [0.1, 0.15) is 11.3 Å². The molecule has 4 heterocycles. The molecule has 4 rings (SSSR count). The molecule has 0 aliphatic rings. The molecular weight excluding hydrogens is 326 g/mol. The number of hydrogen-bond acceptors (Lipinski definition) is 7. The summed E-state index contributed by atoms with van der Waals surface area (Å²) in [6, 6.07) is 5.37. The van der Waals surface area contributed by atoms with Crippen LogP contribution < -0.4 is 10.9 Å². The number of aromatic nitrogens is 6. The van der Waals surface area contributed by atoms with Crippen LogP contribution in [-0.2, 0) is 6.54 Å². The van der Waals surface area contributed by atoms with E-state index in [1.807, 2.05) is 22.9 Å².